The Morgan fingerprint density at radius 1 is 0.974 bits per heavy atom. The van der Waals surface area contributed by atoms with Gasteiger partial charge in [0.1, 0.15) is 5.82 Å². The Kier molecular flexibility index (Phi) is 5.96. The molecule has 5 heterocycles. The van der Waals surface area contributed by atoms with E-state index >= 15 is 0 Å². The number of hydrogen-bond donors (Lipinski definition) is 3. The first-order valence-electron chi connectivity index (χ1n) is 14.0. The minimum absolute atomic E-state index is 0.0519. The molecule has 7 rings (SSSR count). The molecule has 3 fully saturated rings. The maximum Gasteiger partial charge on any atom is 0.317 e. The summed E-state index contributed by atoms with van der Waals surface area (Å²) in [6.45, 7) is 0.230. The number of aliphatic hydroxyl groups excluding tert-OH is 1. The summed E-state index contributed by atoms with van der Waals surface area (Å²) in [5.74, 6) is 1.36. The van der Waals surface area contributed by atoms with E-state index in [4.69, 9.17) is 20.8 Å². The molecule has 4 aromatic rings. The average Bonchev–Trinajstić information content (AvgIpc) is 3.66. The van der Waals surface area contributed by atoms with Gasteiger partial charge in [0.25, 0.3) is 0 Å². The van der Waals surface area contributed by atoms with Crippen molar-refractivity contribution in [3.05, 3.63) is 66.1 Å². The van der Waals surface area contributed by atoms with E-state index in [0.717, 1.165) is 77.8 Å². The van der Waals surface area contributed by atoms with Gasteiger partial charge in [0.05, 0.1) is 24.2 Å². The largest absolute Gasteiger partial charge is 0.395 e. The van der Waals surface area contributed by atoms with Crippen molar-refractivity contribution < 1.29 is 9.90 Å². The van der Waals surface area contributed by atoms with Crippen LogP contribution in [-0.2, 0) is 0 Å². The number of aromatic nitrogens is 4. The van der Waals surface area contributed by atoms with Crippen LogP contribution >= 0.6 is 0 Å². The Bertz CT molecular complexity index is 1500. The number of urea groups is 1. The van der Waals surface area contributed by atoms with E-state index < -0.39 is 0 Å². The van der Waals surface area contributed by atoms with Crippen LogP contribution in [0.1, 0.15) is 61.6 Å². The normalized spacial score (nSPS) is 22.4. The number of hydrogen-bond acceptors (Lipinski definition) is 6. The van der Waals surface area contributed by atoms with Gasteiger partial charge < -0.3 is 21.1 Å². The highest BCUT2D eigenvalue weighted by molar-refractivity contribution is 5.79. The molecule has 0 radical (unpaired) electrons. The van der Waals surface area contributed by atoms with Gasteiger partial charge in [-0.05, 0) is 50.5 Å². The zero-order valence-electron chi connectivity index (χ0n) is 21.8. The Morgan fingerprint density at radius 3 is 2.41 bits per heavy atom. The quantitative estimate of drug-likeness (QED) is 0.346. The number of aliphatic hydroxyl groups is 1. The van der Waals surface area contributed by atoms with Crippen molar-refractivity contribution in [2.45, 2.75) is 62.4 Å². The van der Waals surface area contributed by atoms with Crippen LogP contribution in [0.4, 0.5) is 10.6 Å². The fraction of sp³-hybridized carbons (Fsp3) is 0.400. The van der Waals surface area contributed by atoms with Crippen LogP contribution in [0, 0.1) is 0 Å². The van der Waals surface area contributed by atoms with Gasteiger partial charge >= 0.3 is 6.03 Å². The number of piperidine rings is 1. The maximum absolute atomic E-state index is 12.8. The third-order valence-corrected chi connectivity index (χ3v) is 8.62. The number of carbonyl (C=O) groups is 1. The van der Waals surface area contributed by atoms with Crippen molar-refractivity contribution in [2.24, 2.45) is 0 Å². The van der Waals surface area contributed by atoms with Crippen molar-refractivity contribution in [1.29, 1.82) is 0 Å². The lowest BCUT2D eigenvalue weighted by molar-refractivity contribution is 0.135. The lowest BCUT2D eigenvalue weighted by atomic mass is 9.85. The number of nitrogens with one attached hydrogen (secondary N) is 1. The molecule has 9 heteroatoms. The summed E-state index contributed by atoms with van der Waals surface area (Å²) in [6.07, 6.45) is 9.73. The Balaban J connectivity index is 1.24. The molecule has 4 N–H and O–H groups in total. The minimum atomic E-state index is -0.0649. The number of amides is 2. The number of nitrogens with two attached hydrogens (primary N) is 1. The fourth-order valence-corrected chi connectivity index (χ4v) is 6.67. The topological polar surface area (TPSA) is 122 Å². The molecule has 3 atom stereocenters. The van der Waals surface area contributed by atoms with E-state index in [9.17, 15) is 4.79 Å². The second-order valence-electron chi connectivity index (χ2n) is 11.1. The number of benzene rings is 1. The van der Waals surface area contributed by atoms with Crippen LogP contribution in [0.15, 0.2) is 54.9 Å². The summed E-state index contributed by atoms with van der Waals surface area (Å²) < 4.78 is 1.80. The molecule has 2 bridgehead atoms. The maximum atomic E-state index is 12.8. The lowest BCUT2D eigenvalue weighted by Gasteiger charge is -2.39. The summed E-state index contributed by atoms with van der Waals surface area (Å²) >= 11 is 0. The summed E-state index contributed by atoms with van der Waals surface area (Å²) in [6, 6.07) is 14.5. The first kappa shape index (κ1) is 24.1. The molecule has 2 saturated heterocycles. The predicted octanol–water partition coefficient (Wildman–Crippen LogP) is 4.33. The van der Waals surface area contributed by atoms with Gasteiger partial charge in [0, 0.05) is 53.0 Å². The number of nitrogens with zero attached hydrogens (tertiary/aromatic N) is 5. The second-order valence-corrected chi connectivity index (χ2v) is 11.1. The molecular weight excluding hydrogens is 490 g/mol. The summed E-state index contributed by atoms with van der Waals surface area (Å²) in [5.41, 5.74) is 13.7. The Morgan fingerprint density at radius 2 is 1.74 bits per heavy atom. The smallest absolute Gasteiger partial charge is 0.317 e. The zero-order chi connectivity index (χ0) is 26.5. The predicted molar refractivity (Wildman–Crippen MR) is 149 cm³/mol. The highest BCUT2D eigenvalue weighted by atomic mass is 16.3. The summed E-state index contributed by atoms with van der Waals surface area (Å²) in [7, 11) is 0. The van der Waals surface area contributed by atoms with Crippen LogP contribution in [0.25, 0.3) is 28.0 Å². The highest BCUT2D eigenvalue weighted by Crippen LogP contribution is 2.50. The van der Waals surface area contributed by atoms with E-state index in [1.807, 2.05) is 41.6 Å². The van der Waals surface area contributed by atoms with Crippen molar-refractivity contribution >= 4 is 17.5 Å². The fourth-order valence-electron chi connectivity index (χ4n) is 6.67. The first-order valence-corrected chi connectivity index (χ1v) is 14.0. The molecule has 0 spiro atoms. The number of rotatable bonds is 6. The molecule has 3 aliphatic rings. The molecule has 3 aromatic heterocycles. The van der Waals surface area contributed by atoms with Gasteiger partial charge in [0.2, 0.25) is 0 Å². The molecule has 1 aromatic carbocycles. The van der Waals surface area contributed by atoms with Crippen LogP contribution in [-0.4, -0.2) is 60.9 Å². The lowest BCUT2D eigenvalue weighted by Crippen LogP contribution is -2.51. The molecule has 9 nitrogen and oxygen atoms in total. The summed E-state index contributed by atoms with van der Waals surface area (Å²) in [4.78, 5) is 24.8. The summed E-state index contributed by atoms with van der Waals surface area (Å²) in [5, 5.41) is 16.6. The highest BCUT2D eigenvalue weighted by Gasteiger charge is 2.45. The standard InChI is InChI=1S/C30H33N7O2/c31-28-26(19-6-7-19)27(21-14-22-9-10-23(15-21)36(22)30(39)32-12-13-38)35-29-24(17-34-37(28)29)20-8-11-25(33-16-20)18-4-2-1-3-5-18/h1-5,8,11,16-17,19,21-23,38H,6-7,9-10,12-15,31H2,(H,32,39)/t21?,22-,23?/m0/s1. The second kappa shape index (κ2) is 9.64. The first-order chi connectivity index (χ1) is 19.1. The van der Waals surface area contributed by atoms with Crippen LogP contribution in [0.3, 0.4) is 0 Å². The molecule has 1 aliphatic carbocycles. The third-order valence-electron chi connectivity index (χ3n) is 8.62. The monoisotopic (exact) mass is 523 g/mol. The average molecular weight is 524 g/mol. The van der Waals surface area contributed by atoms with Crippen molar-refractivity contribution in [1.82, 2.24) is 29.8 Å². The third kappa shape index (κ3) is 4.21. The number of anilines is 1. The van der Waals surface area contributed by atoms with Gasteiger partial charge in [-0.15, -0.1) is 0 Å². The van der Waals surface area contributed by atoms with Gasteiger partial charge in [0.15, 0.2) is 5.65 Å². The van der Waals surface area contributed by atoms with Crippen LogP contribution in [0.5, 0.6) is 0 Å². The molecular formula is C30H33N7O2. The zero-order valence-corrected chi connectivity index (χ0v) is 21.8. The number of fused-ring (bicyclic) bond motifs is 3. The van der Waals surface area contributed by atoms with Gasteiger partial charge in [-0.1, -0.05) is 36.4 Å². The minimum Gasteiger partial charge on any atom is -0.395 e. The van der Waals surface area contributed by atoms with Gasteiger partial charge in [-0.3, -0.25) is 4.98 Å². The molecule has 2 aliphatic heterocycles. The number of carbonyl (C=O) groups excluding carboxylic acids is 1. The van der Waals surface area contributed by atoms with Crippen molar-refractivity contribution in [3.8, 4) is 22.4 Å². The van der Waals surface area contributed by atoms with Crippen molar-refractivity contribution in [2.75, 3.05) is 18.9 Å². The Hall–Kier alpha value is -3.98. The molecule has 2 amide bonds. The van der Waals surface area contributed by atoms with E-state index in [0.29, 0.717) is 11.7 Å². The van der Waals surface area contributed by atoms with Crippen LogP contribution in [0.2, 0.25) is 0 Å². The molecule has 1 saturated carbocycles. The van der Waals surface area contributed by atoms with Crippen molar-refractivity contribution in [3.63, 3.8) is 0 Å². The van der Waals surface area contributed by atoms with Gasteiger partial charge in [-0.25, -0.2) is 9.78 Å². The van der Waals surface area contributed by atoms with E-state index in [1.165, 1.54) is 0 Å². The Labute approximate surface area is 227 Å². The molecule has 200 valence electrons. The molecule has 2 unspecified atom stereocenters. The van der Waals surface area contributed by atoms with E-state index in [-0.39, 0.29) is 37.2 Å². The SMILES string of the molecule is Nc1c(C2CC2)c(C2CC3CC[C@@H](C2)N3C(=O)NCCO)nc2c(-c3ccc(-c4ccccc4)nc3)cnn12. The van der Waals surface area contributed by atoms with Crippen LogP contribution < -0.4 is 11.1 Å². The molecule has 39 heavy (non-hydrogen) atoms. The van der Waals surface area contributed by atoms with E-state index in [2.05, 4.69) is 28.6 Å². The van der Waals surface area contributed by atoms with E-state index in [1.54, 1.807) is 4.52 Å². The number of pyridine rings is 1. The van der Waals surface area contributed by atoms with Gasteiger partial charge in [-0.2, -0.15) is 9.61 Å². The number of nitrogen functional groups attached to an aromatic ring is 1.